The van der Waals surface area contributed by atoms with Crippen LogP contribution in [0.15, 0.2) is 24.3 Å². The zero-order valence-corrected chi connectivity index (χ0v) is 17.8. The summed E-state index contributed by atoms with van der Waals surface area (Å²) < 4.78 is 1.79. The van der Waals surface area contributed by atoms with E-state index in [4.69, 9.17) is 0 Å². The lowest BCUT2D eigenvalue weighted by molar-refractivity contribution is 0.0947. The van der Waals surface area contributed by atoms with Crippen molar-refractivity contribution in [3.63, 3.8) is 0 Å². The third-order valence-electron chi connectivity index (χ3n) is 4.33. The molecule has 2 rings (SSSR count). The normalized spacial score (nSPS) is 11.1. The molecule has 7 heteroatoms. The van der Waals surface area contributed by atoms with E-state index in [1.54, 1.807) is 4.68 Å². The summed E-state index contributed by atoms with van der Waals surface area (Å²) in [7, 11) is 1.90. The average Bonchev–Trinajstić information content (AvgIpc) is 3.02. The molecule has 0 aliphatic heterocycles. The first-order valence-electron chi connectivity index (χ1n) is 9.36. The van der Waals surface area contributed by atoms with E-state index in [2.05, 4.69) is 60.8 Å². The first-order chi connectivity index (χ1) is 12.4. The average molecular weight is 394 g/mol. The van der Waals surface area contributed by atoms with E-state index in [1.807, 2.05) is 19.2 Å². The molecule has 1 amide bonds. The third-order valence-corrected chi connectivity index (χ3v) is 4.33. The summed E-state index contributed by atoms with van der Waals surface area (Å²) in [6.45, 7) is 10.2. The minimum atomic E-state index is -0.151. The predicted molar refractivity (Wildman–Crippen MR) is 112 cm³/mol. The summed E-state index contributed by atoms with van der Waals surface area (Å²) in [5.41, 5.74) is 3.59. The van der Waals surface area contributed by atoms with Crippen LogP contribution in [0.5, 0.6) is 0 Å². The Hall–Kier alpha value is -1.92. The molecule has 2 aromatic rings. The maximum atomic E-state index is 12.5. The van der Waals surface area contributed by atoms with Crippen LogP contribution in [0.1, 0.15) is 62.3 Å². The molecule has 1 aromatic heterocycles. The van der Waals surface area contributed by atoms with Gasteiger partial charge in [0.1, 0.15) is 0 Å². The summed E-state index contributed by atoms with van der Waals surface area (Å²) in [4.78, 5) is 12.5. The summed E-state index contributed by atoms with van der Waals surface area (Å²) in [6, 6.07) is 8.32. The lowest BCUT2D eigenvalue weighted by Crippen LogP contribution is -2.28. The highest BCUT2D eigenvalue weighted by Gasteiger charge is 2.20. The predicted octanol–water partition coefficient (Wildman–Crippen LogP) is 3.28. The quantitative estimate of drug-likeness (QED) is 0.675. The second kappa shape index (κ2) is 10.4. The number of amides is 1. The van der Waals surface area contributed by atoms with Crippen molar-refractivity contribution in [3.05, 3.63) is 41.2 Å². The first kappa shape index (κ1) is 23.1. The maximum Gasteiger partial charge on any atom is 0.273 e. The zero-order valence-electron chi connectivity index (χ0n) is 17.0. The molecular weight excluding hydrogens is 362 g/mol. The van der Waals surface area contributed by atoms with Crippen LogP contribution >= 0.6 is 12.4 Å². The van der Waals surface area contributed by atoms with Gasteiger partial charge in [0.15, 0.2) is 5.69 Å². The van der Waals surface area contributed by atoms with Gasteiger partial charge in [-0.05, 0) is 49.5 Å². The molecule has 0 unspecified atom stereocenters. The van der Waals surface area contributed by atoms with Crippen molar-refractivity contribution in [2.45, 2.75) is 52.4 Å². The number of halogens is 1. The molecule has 1 aromatic carbocycles. The molecule has 27 heavy (non-hydrogen) atoms. The van der Waals surface area contributed by atoms with Gasteiger partial charge < -0.3 is 10.6 Å². The zero-order chi connectivity index (χ0) is 19.2. The van der Waals surface area contributed by atoms with E-state index < -0.39 is 0 Å². The molecule has 1 heterocycles. The molecule has 0 saturated carbocycles. The molecule has 0 atom stereocenters. The number of aromatic nitrogens is 3. The van der Waals surface area contributed by atoms with E-state index in [-0.39, 0.29) is 23.7 Å². The molecule has 2 N–H and O–H groups in total. The number of hydrogen-bond donors (Lipinski definition) is 2. The Morgan fingerprint density at radius 1 is 1.15 bits per heavy atom. The van der Waals surface area contributed by atoms with Gasteiger partial charge in [0.05, 0.1) is 11.4 Å². The molecule has 150 valence electrons. The van der Waals surface area contributed by atoms with Gasteiger partial charge in [-0.1, -0.05) is 51.5 Å². The van der Waals surface area contributed by atoms with Crippen LogP contribution in [0.25, 0.3) is 5.69 Å². The lowest BCUT2D eigenvalue weighted by atomic mass is 9.87. The molecule has 0 fully saturated rings. The highest BCUT2D eigenvalue weighted by molar-refractivity contribution is 5.93. The van der Waals surface area contributed by atoms with Crippen LogP contribution in [0.2, 0.25) is 0 Å². The Labute approximate surface area is 168 Å². The highest BCUT2D eigenvalue weighted by Crippen LogP contribution is 2.24. The minimum Gasteiger partial charge on any atom is -0.351 e. The standard InChI is InChI=1S/C20H31N5O.ClH/c1-6-8-17-18(19(26)22-14-7-13-21-5)23-24-25(17)16-11-9-15(10-12-16)20(2,3)4;/h9-12,21H,6-8,13-14H2,1-5H3,(H,22,26);1H. The molecule has 0 saturated heterocycles. The lowest BCUT2D eigenvalue weighted by Gasteiger charge is -2.19. The van der Waals surface area contributed by atoms with Gasteiger partial charge in [-0.3, -0.25) is 4.79 Å². The van der Waals surface area contributed by atoms with Crippen LogP contribution < -0.4 is 10.6 Å². The largest absolute Gasteiger partial charge is 0.351 e. The highest BCUT2D eigenvalue weighted by atomic mass is 35.5. The Balaban J connectivity index is 0.00000364. The van der Waals surface area contributed by atoms with Gasteiger partial charge in [-0.15, -0.1) is 17.5 Å². The van der Waals surface area contributed by atoms with Crippen molar-refractivity contribution in [2.75, 3.05) is 20.1 Å². The number of benzene rings is 1. The van der Waals surface area contributed by atoms with Crippen LogP contribution in [0.3, 0.4) is 0 Å². The number of rotatable bonds is 8. The van der Waals surface area contributed by atoms with Crippen LogP contribution in [-0.4, -0.2) is 41.0 Å². The van der Waals surface area contributed by atoms with Gasteiger partial charge in [-0.2, -0.15) is 0 Å². The van der Waals surface area contributed by atoms with E-state index >= 15 is 0 Å². The minimum absolute atomic E-state index is 0. The van der Waals surface area contributed by atoms with Crippen LogP contribution in [0, 0.1) is 0 Å². The van der Waals surface area contributed by atoms with Crippen molar-refractivity contribution in [2.24, 2.45) is 0 Å². The Morgan fingerprint density at radius 2 is 1.81 bits per heavy atom. The fraction of sp³-hybridized carbons (Fsp3) is 0.550. The topological polar surface area (TPSA) is 71.8 Å². The van der Waals surface area contributed by atoms with E-state index in [0.29, 0.717) is 12.2 Å². The van der Waals surface area contributed by atoms with E-state index in [9.17, 15) is 4.79 Å². The number of nitrogens with one attached hydrogen (secondary N) is 2. The molecule has 0 bridgehead atoms. The van der Waals surface area contributed by atoms with Gasteiger partial charge in [0, 0.05) is 6.54 Å². The van der Waals surface area contributed by atoms with Gasteiger partial charge in [-0.25, -0.2) is 4.68 Å². The van der Waals surface area contributed by atoms with Crippen molar-refractivity contribution in [1.29, 1.82) is 0 Å². The van der Waals surface area contributed by atoms with Crippen molar-refractivity contribution in [3.8, 4) is 5.69 Å². The Kier molecular flexibility index (Phi) is 8.93. The smallest absolute Gasteiger partial charge is 0.273 e. The molecule has 0 aliphatic carbocycles. The molecular formula is C20H32ClN5O. The third kappa shape index (κ3) is 6.04. The van der Waals surface area contributed by atoms with Crippen molar-refractivity contribution < 1.29 is 4.79 Å². The van der Waals surface area contributed by atoms with Gasteiger partial charge in [0.25, 0.3) is 5.91 Å². The fourth-order valence-corrected chi connectivity index (χ4v) is 2.80. The van der Waals surface area contributed by atoms with Crippen LogP contribution in [0.4, 0.5) is 0 Å². The fourth-order valence-electron chi connectivity index (χ4n) is 2.80. The molecule has 0 aliphatic rings. The maximum absolute atomic E-state index is 12.5. The van der Waals surface area contributed by atoms with Gasteiger partial charge in [0.2, 0.25) is 0 Å². The Bertz CT molecular complexity index is 719. The molecule has 0 radical (unpaired) electrons. The second-order valence-electron chi connectivity index (χ2n) is 7.56. The summed E-state index contributed by atoms with van der Waals surface area (Å²) in [5, 5.41) is 14.4. The first-order valence-corrected chi connectivity index (χ1v) is 9.36. The number of hydrogen-bond acceptors (Lipinski definition) is 4. The van der Waals surface area contributed by atoms with Crippen molar-refractivity contribution in [1.82, 2.24) is 25.6 Å². The Morgan fingerprint density at radius 3 is 2.37 bits per heavy atom. The SMILES string of the molecule is CCCc1c(C(=O)NCCCNC)nnn1-c1ccc(C(C)(C)C)cc1.Cl. The molecule has 0 spiro atoms. The number of carbonyl (C=O) groups excluding carboxylic acids is 1. The second-order valence-corrected chi connectivity index (χ2v) is 7.56. The summed E-state index contributed by atoms with van der Waals surface area (Å²) in [6.07, 6.45) is 2.56. The van der Waals surface area contributed by atoms with Crippen molar-refractivity contribution >= 4 is 18.3 Å². The number of carbonyl (C=O) groups is 1. The summed E-state index contributed by atoms with van der Waals surface area (Å²) >= 11 is 0. The van der Waals surface area contributed by atoms with Crippen LogP contribution in [-0.2, 0) is 11.8 Å². The van der Waals surface area contributed by atoms with E-state index in [1.165, 1.54) is 5.56 Å². The van der Waals surface area contributed by atoms with E-state index in [0.717, 1.165) is 37.2 Å². The summed E-state index contributed by atoms with van der Waals surface area (Å²) in [5.74, 6) is -0.151. The molecule has 6 nitrogen and oxygen atoms in total. The monoisotopic (exact) mass is 393 g/mol. The van der Waals surface area contributed by atoms with Gasteiger partial charge >= 0.3 is 0 Å². The number of nitrogens with zero attached hydrogens (tertiary/aromatic N) is 3.